The van der Waals surface area contributed by atoms with Crippen LogP contribution in [0.2, 0.25) is 0 Å². The molecule has 0 spiro atoms. The smallest absolute Gasteiger partial charge is 0.244 e. The van der Waals surface area contributed by atoms with Crippen molar-refractivity contribution in [3.63, 3.8) is 0 Å². The fraction of sp³-hybridized carbons (Fsp3) is 0.700. The molecule has 1 aromatic heterocycles. The average molecular weight is 286 g/mol. The number of nitrogens with one attached hydrogen (secondary N) is 1. The van der Waals surface area contributed by atoms with Crippen LogP contribution in [0.5, 0.6) is 0 Å². The van der Waals surface area contributed by atoms with E-state index >= 15 is 0 Å². The van der Waals surface area contributed by atoms with E-state index in [4.69, 9.17) is 5.53 Å². The van der Waals surface area contributed by atoms with Crippen molar-refractivity contribution < 1.29 is 8.42 Å². The highest BCUT2D eigenvalue weighted by Gasteiger charge is 2.22. The van der Waals surface area contributed by atoms with Gasteiger partial charge >= 0.3 is 0 Å². The zero-order valence-corrected chi connectivity index (χ0v) is 12.1. The van der Waals surface area contributed by atoms with E-state index in [0.717, 1.165) is 0 Å². The summed E-state index contributed by atoms with van der Waals surface area (Å²) in [5.41, 5.74) is 9.20. The molecule has 8 nitrogen and oxygen atoms in total. The maximum absolute atomic E-state index is 12.1. The first-order chi connectivity index (χ1) is 8.90. The first-order valence-corrected chi connectivity index (χ1v) is 7.39. The van der Waals surface area contributed by atoms with Gasteiger partial charge in [-0.15, -0.1) is 0 Å². The van der Waals surface area contributed by atoms with Crippen LogP contribution in [-0.4, -0.2) is 31.3 Å². The molecule has 106 valence electrons. The highest BCUT2D eigenvalue weighted by molar-refractivity contribution is 7.89. The van der Waals surface area contributed by atoms with Crippen molar-refractivity contribution in [2.75, 3.05) is 13.1 Å². The standard InChI is InChI=1S/C10H18N6O2S/c1-8-10(9(2)16(3)14-8)19(17,18)13-7-5-4-6-12-15-11/h13H,4-7H2,1-3H3. The maximum atomic E-state index is 12.1. The Bertz CT molecular complexity index is 585. The van der Waals surface area contributed by atoms with Crippen molar-refractivity contribution in [1.29, 1.82) is 0 Å². The summed E-state index contributed by atoms with van der Waals surface area (Å²) < 4.78 is 28.3. The van der Waals surface area contributed by atoms with Gasteiger partial charge in [-0.05, 0) is 32.2 Å². The molecule has 1 N–H and O–H groups in total. The topological polar surface area (TPSA) is 113 Å². The number of hydrogen-bond donors (Lipinski definition) is 1. The molecule has 0 aliphatic rings. The van der Waals surface area contributed by atoms with Crippen molar-refractivity contribution in [3.05, 3.63) is 21.8 Å². The Balaban J connectivity index is 2.64. The number of sulfonamides is 1. The number of azide groups is 1. The molecule has 0 saturated carbocycles. The average Bonchev–Trinajstić information content (AvgIpc) is 2.58. The summed E-state index contributed by atoms with van der Waals surface area (Å²) in [6.45, 7) is 4.08. The molecule has 9 heteroatoms. The van der Waals surface area contributed by atoms with Crippen LogP contribution in [0, 0.1) is 13.8 Å². The fourth-order valence-electron chi connectivity index (χ4n) is 1.77. The number of rotatable bonds is 7. The van der Waals surface area contributed by atoms with Gasteiger partial charge in [0.2, 0.25) is 10.0 Å². The molecule has 19 heavy (non-hydrogen) atoms. The Hall–Kier alpha value is -1.57. The van der Waals surface area contributed by atoms with Crippen molar-refractivity contribution in [2.45, 2.75) is 31.6 Å². The predicted molar refractivity (Wildman–Crippen MR) is 71.1 cm³/mol. The van der Waals surface area contributed by atoms with Crippen LogP contribution >= 0.6 is 0 Å². The molecule has 0 amide bonds. The van der Waals surface area contributed by atoms with Gasteiger partial charge in [-0.3, -0.25) is 4.68 Å². The van der Waals surface area contributed by atoms with Crippen molar-refractivity contribution in [3.8, 4) is 0 Å². The molecule has 0 bridgehead atoms. The third-order valence-corrected chi connectivity index (χ3v) is 4.46. The second-order valence-corrected chi connectivity index (χ2v) is 5.89. The van der Waals surface area contributed by atoms with Crippen LogP contribution in [0.25, 0.3) is 10.4 Å². The lowest BCUT2D eigenvalue weighted by molar-refractivity contribution is 0.575. The lowest BCUT2D eigenvalue weighted by Gasteiger charge is -2.06. The van der Waals surface area contributed by atoms with Gasteiger partial charge in [0.1, 0.15) is 4.90 Å². The Morgan fingerprint density at radius 3 is 2.63 bits per heavy atom. The molecule has 1 heterocycles. The van der Waals surface area contributed by atoms with Crippen LogP contribution in [-0.2, 0) is 17.1 Å². The van der Waals surface area contributed by atoms with E-state index in [0.29, 0.717) is 37.3 Å². The third kappa shape index (κ3) is 3.95. The van der Waals surface area contributed by atoms with E-state index in [1.54, 1.807) is 25.6 Å². The molecule has 0 aromatic carbocycles. The molecule has 0 aliphatic heterocycles. The molecule has 0 saturated heterocycles. The molecular weight excluding hydrogens is 268 g/mol. The Kier molecular flexibility index (Phi) is 5.34. The quantitative estimate of drug-likeness (QED) is 0.354. The molecule has 0 unspecified atom stereocenters. The molecular formula is C10H18N6O2S. The number of nitrogens with zero attached hydrogens (tertiary/aromatic N) is 5. The summed E-state index contributed by atoms with van der Waals surface area (Å²) in [6, 6.07) is 0. The number of unbranched alkanes of at least 4 members (excludes halogenated alkanes) is 1. The zero-order chi connectivity index (χ0) is 14.5. The largest absolute Gasteiger partial charge is 0.271 e. The van der Waals surface area contributed by atoms with Crippen LogP contribution in [0.15, 0.2) is 10.0 Å². The van der Waals surface area contributed by atoms with E-state index < -0.39 is 10.0 Å². The fourth-order valence-corrected chi connectivity index (χ4v) is 3.28. The second kappa shape index (κ2) is 6.55. The van der Waals surface area contributed by atoms with E-state index in [9.17, 15) is 8.42 Å². The molecule has 0 fully saturated rings. The molecule has 0 atom stereocenters. The van der Waals surface area contributed by atoms with Gasteiger partial charge in [0.05, 0.1) is 11.4 Å². The summed E-state index contributed by atoms with van der Waals surface area (Å²) in [4.78, 5) is 2.87. The van der Waals surface area contributed by atoms with Crippen molar-refractivity contribution in [2.24, 2.45) is 12.2 Å². The van der Waals surface area contributed by atoms with E-state index in [2.05, 4.69) is 19.8 Å². The second-order valence-electron chi connectivity index (χ2n) is 4.18. The van der Waals surface area contributed by atoms with Gasteiger partial charge in [-0.2, -0.15) is 5.10 Å². The van der Waals surface area contributed by atoms with Gasteiger partial charge in [-0.25, -0.2) is 13.1 Å². The molecule has 0 radical (unpaired) electrons. The van der Waals surface area contributed by atoms with Crippen molar-refractivity contribution in [1.82, 2.24) is 14.5 Å². The minimum Gasteiger partial charge on any atom is -0.271 e. The minimum atomic E-state index is -3.53. The van der Waals surface area contributed by atoms with E-state index in [-0.39, 0.29) is 4.90 Å². The minimum absolute atomic E-state index is 0.241. The Morgan fingerprint density at radius 1 is 1.42 bits per heavy atom. The summed E-state index contributed by atoms with van der Waals surface area (Å²) in [7, 11) is -1.82. The molecule has 1 aromatic rings. The lowest BCUT2D eigenvalue weighted by Crippen LogP contribution is -2.26. The third-order valence-electron chi connectivity index (χ3n) is 2.75. The highest BCUT2D eigenvalue weighted by Crippen LogP contribution is 2.18. The normalized spacial score (nSPS) is 11.3. The van der Waals surface area contributed by atoms with Gasteiger partial charge in [0.25, 0.3) is 0 Å². The number of hydrogen-bond acceptors (Lipinski definition) is 4. The first-order valence-electron chi connectivity index (χ1n) is 5.91. The summed E-state index contributed by atoms with van der Waals surface area (Å²) in [5, 5.41) is 7.47. The number of aromatic nitrogens is 2. The van der Waals surface area contributed by atoms with Crippen LogP contribution in [0.1, 0.15) is 24.2 Å². The maximum Gasteiger partial charge on any atom is 0.244 e. The van der Waals surface area contributed by atoms with Gasteiger partial charge in [0, 0.05) is 25.0 Å². The van der Waals surface area contributed by atoms with E-state index in [1.807, 2.05) is 0 Å². The van der Waals surface area contributed by atoms with Crippen LogP contribution in [0.3, 0.4) is 0 Å². The predicted octanol–water partition coefficient (Wildman–Crippen LogP) is 1.41. The summed E-state index contributed by atoms with van der Waals surface area (Å²) >= 11 is 0. The highest BCUT2D eigenvalue weighted by atomic mass is 32.2. The van der Waals surface area contributed by atoms with Crippen molar-refractivity contribution >= 4 is 10.0 Å². The first kappa shape index (κ1) is 15.5. The summed E-state index contributed by atoms with van der Waals surface area (Å²) in [6.07, 6.45) is 1.27. The summed E-state index contributed by atoms with van der Waals surface area (Å²) in [5.74, 6) is 0. The SMILES string of the molecule is Cc1nn(C)c(C)c1S(=O)(=O)NCCCCN=[N+]=[N-]. The van der Waals surface area contributed by atoms with Gasteiger partial charge in [-0.1, -0.05) is 5.11 Å². The van der Waals surface area contributed by atoms with Gasteiger partial charge < -0.3 is 0 Å². The van der Waals surface area contributed by atoms with Gasteiger partial charge in [0.15, 0.2) is 0 Å². The Morgan fingerprint density at radius 2 is 2.11 bits per heavy atom. The lowest BCUT2D eigenvalue weighted by atomic mass is 10.3. The molecule has 0 aliphatic carbocycles. The molecule has 1 rings (SSSR count). The Labute approximate surface area is 112 Å². The van der Waals surface area contributed by atoms with Crippen LogP contribution < -0.4 is 4.72 Å². The zero-order valence-electron chi connectivity index (χ0n) is 11.3. The van der Waals surface area contributed by atoms with E-state index in [1.165, 1.54) is 0 Å². The number of aryl methyl sites for hydroxylation is 2. The van der Waals surface area contributed by atoms with Crippen LogP contribution in [0.4, 0.5) is 0 Å². The monoisotopic (exact) mass is 286 g/mol.